The molecule has 106 valence electrons. The highest BCUT2D eigenvalue weighted by molar-refractivity contribution is 6.37. The third-order valence-electron chi connectivity index (χ3n) is 3.12. The van der Waals surface area contributed by atoms with Crippen LogP contribution >= 0.6 is 23.2 Å². The Balaban J connectivity index is 2.14. The Bertz CT molecular complexity index is 436. The van der Waals surface area contributed by atoms with E-state index < -0.39 is 0 Å². The lowest BCUT2D eigenvalue weighted by Gasteiger charge is -2.23. The number of hydrogen-bond donors (Lipinski definition) is 1. The number of rotatable bonds is 5. The first-order chi connectivity index (χ1) is 9.11. The van der Waals surface area contributed by atoms with E-state index in [2.05, 4.69) is 10.3 Å². The maximum atomic E-state index is 6.22. The standard InChI is InChI=1S/C13H19Cl2N3O/c1-3-16-12-10(14)7-11(15)13(17-12)18(2)8-9-5-4-6-19-9/h7,9H,3-6,8H2,1-2H3,(H,16,17). The summed E-state index contributed by atoms with van der Waals surface area (Å²) in [7, 11) is 1.97. The molecule has 1 aromatic heterocycles. The van der Waals surface area contributed by atoms with Crippen molar-refractivity contribution in [1.29, 1.82) is 0 Å². The summed E-state index contributed by atoms with van der Waals surface area (Å²) in [6.45, 7) is 4.41. The average molecular weight is 304 g/mol. The zero-order chi connectivity index (χ0) is 13.8. The number of ether oxygens (including phenoxy) is 1. The lowest BCUT2D eigenvalue weighted by Crippen LogP contribution is -2.29. The molecule has 0 bridgehead atoms. The molecule has 1 aromatic rings. The van der Waals surface area contributed by atoms with Gasteiger partial charge in [0.15, 0.2) is 0 Å². The van der Waals surface area contributed by atoms with Gasteiger partial charge in [0.05, 0.1) is 16.1 Å². The predicted molar refractivity (Wildman–Crippen MR) is 80.7 cm³/mol. The van der Waals surface area contributed by atoms with Crippen LogP contribution in [-0.4, -0.2) is 37.8 Å². The van der Waals surface area contributed by atoms with Gasteiger partial charge < -0.3 is 15.0 Å². The molecule has 1 atom stereocenters. The summed E-state index contributed by atoms with van der Waals surface area (Å²) >= 11 is 12.3. The van der Waals surface area contributed by atoms with E-state index >= 15 is 0 Å². The smallest absolute Gasteiger partial charge is 0.149 e. The SMILES string of the molecule is CCNc1nc(N(C)CC2CCCO2)c(Cl)cc1Cl. The zero-order valence-corrected chi connectivity index (χ0v) is 12.8. The Morgan fingerprint density at radius 3 is 2.89 bits per heavy atom. The van der Waals surface area contributed by atoms with Gasteiger partial charge in [-0.25, -0.2) is 4.98 Å². The molecule has 2 rings (SSSR count). The quantitative estimate of drug-likeness (QED) is 0.904. The van der Waals surface area contributed by atoms with Crippen LogP contribution in [0.1, 0.15) is 19.8 Å². The highest BCUT2D eigenvalue weighted by atomic mass is 35.5. The molecule has 0 spiro atoms. The fourth-order valence-electron chi connectivity index (χ4n) is 2.20. The van der Waals surface area contributed by atoms with Gasteiger partial charge in [0.25, 0.3) is 0 Å². The molecular formula is C13H19Cl2N3O. The maximum absolute atomic E-state index is 6.22. The van der Waals surface area contributed by atoms with Crippen molar-refractivity contribution in [3.8, 4) is 0 Å². The molecule has 1 saturated heterocycles. The van der Waals surface area contributed by atoms with E-state index in [9.17, 15) is 0 Å². The summed E-state index contributed by atoms with van der Waals surface area (Å²) < 4.78 is 5.63. The third-order valence-corrected chi connectivity index (χ3v) is 3.68. The number of likely N-dealkylation sites (N-methyl/N-ethyl adjacent to an activating group) is 1. The van der Waals surface area contributed by atoms with E-state index in [1.54, 1.807) is 6.07 Å². The molecule has 1 N–H and O–H groups in total. The van der Waals surface area contributed by atoms with Gasteiger partial charge in [-0.3, -0.25) is 0 Å². The summed E-state index contributed by atoms with van der Waals surface area (Å²) in [5, 5.41) is 4.24. The second-order valence-corrected chi connectivity index (χ2v) is 5.48. The molecule has 1 fully saturated rings. The first kappa shape index (κ1) is 14.7. The minimum atomic E-state index is 0.265. The number of halogens is 2. The largest absolute Gasteiger partial charge is 0.376 e. The Kier molecular flexibility index (Phi) is 5.13. The molecule has 0 radical (unpaired) electrons. The van der Waals surface area contributed by atoms with E-state index in [4.69, 9.17) is 27.9 Å². The fraction of sp³-hybridized carbons (Fsp3) is 0.615. The molecule has 6 heteroatoms. The van der Waals surface area contributed by atoms with Crippen molar-refractivity contribution >= 4 is 34.8 Å². The number of nitrogens with one attached hydrogen (secondary N) is 1. The van der Waals surface area contributed by atoms with E-state index in [0.29, 0.717) is 15.9 Å². The summed E-state index contributed by atoms with van der Waals surface area (Å²) in [4.78, 5) is 6.52. The molecule has 2 heterocycles. The van der Waals surface area contributed by atoms with Crippen molar-refractivity contribution in [3.63, 3.8) is 0 Å². The van der Waals surface area contributed by atoms with Crippen molar-refractivity contribution in [1.82, 2.24) is 4.98 Å². The van der Waals surface area contributed by atoms with Crippen molar-refractivity contribution in [2.75, 3.05) is 37.0 Å². The summed E-state index contributed by atoms with van der Waals surface area (Å²) in [5.41, 5.74) is 0. The lowest BCUT2D eigenvalue weighted by atomic mass is 10.2. The minimum absolute atomic E-state index is 0.265. The molecular weight excluding hydrogens is 285 g/mol. The molecule has 4 nitrogen and oxygen atoms in total. The van der Waals surface area contributed by atoms with E-state index in [-0.39, 0.29) is 6.10 Å². The van der Waals surface area contributed by atoms with Gasteiger partial charge in [0, 0.05) is 26.7 Å². The number of aromatic nitrogens is 1. The topological polar surface area (TPSA) is 37.4 Å². The Morgan fingerprint density at radius 1 is 1.47 bits per heavy atom. The van der Waals surface area contributed by atoms with Crippen LogP contribution in [0.15, 0.2) is 6.07 Å². The average Bonchev–Trinajstić information content (AvgIpc) is 2.85. The number of hydrogen-bond acceptors (Lipinski definition) is 4. The Morgan fingerprint density at radius 2 is 2.26 bits per heavy atom. The highest BCUT2D eigenvalue weighted by Crippen LogP contribution is 2.31. The van der Waals surface area contributed by atoms with Gasteiger partial charge in [-0.1, -0.05) is 23.2 Å². The molecule has 0 amide bonds. The highest BCUT2D eigenvalue weighted by Gasteiger charge is 2.20. The number of pyridine rings is 1. The summed E-state index contributed by atoms with van der Waals surface area (Å²) in [6, 6.07) is 1.73. The van der Waals surface area contributed by atoms with E-state index in [0.717, 1.165) is 38.4 Å². The summed E-state index contributed by atoms with van der Waals surface area (Å²) in [5.74, 6) is 1.40. The first-order valence-electron chi connectivity index (χ1n) is 6.54. The van der Waals surface area contributed by atoms with Crippen LogP contribution in [0.5, 0.6) is 0 Å². The predicted octanol–water partition coefficient (Wildman–Crippen LogP) is 3.44. The van der Waals surface area contributed by atoms with Gasteiger partial charge in [0.1, 0.15) is 11.6 Å². The fourth-order valence-corrected chi connectivity index (χ4v) is 2.77. The van der Waals surface area contributed by atoms with Gasteiger partial charge in [-0.15, -0.1) is 0 Å². The zero-order valence-electron chi connectivity index (χ0n) is 11.2. The van der Waals surface area contributed by atoms with Crippen LogP contribution < -0.4 is 10.2 Å². The number of anilines is 2. The molecule has 1 aliphatic rings. The van der Waals surface area contributed by atoms with Crippen molar-refractivity contribution in [2.45, 2.75) is 25.9 Å². The summed E-state index contributed by atoms with van der Waals surface area (Å²) in [6.07, 6.45) is 2.49. The monoisotopic (exact) mass is 303 g/mol. The first-order valence-corrected chi connectivity index (χ1v) is 7.30. The van der Waals surface area contributed by atoms with Crippen LogP contribution in [0, 0.1) is 0 Å². The van der Waals surface area contributed by atoms with Gasteiger partial charge in [-0.2, -0.15) is 0 Å². The molecule has 1 aliphatic heterocycles. The maximum Gasteiger partial charge on any atom is 0.149 e. The van der Waals surface area contributed by atoms with Gasteiger partial charge >= 0.3 is 0 Å². The lowest BCUT2D eigenvalue weighted by molar-refractivity contribution is 0.116. The van der Waals surface area contributed by atoms with Crippen molar-refractivity contribution in [2.24, 2.45) is 0 Å². The van der Waals surface area contributed by atoms with Crippen LogP contribution in [-0.2, 0) is 4.74 Å². The third kappa shape index (κ3) is 3.65. The normalized spacial score (nSPS) is 18.6. The molecule has 1 unspecified atom stereocenters. The Hall–Kier alpha value is -0.710. The molecule has 19 heavy (non-hydrogen) atoms. The van der Waals surface area contributed by atoms with Crippen LogP contribution in [0.4, 0.5) is 11.6 Å². The molecule has 0 saturated carbocycles. The minimum Gasteiger partial charge on any atom is -0.376 e. The van der Waals surface area contributed by atoms with Crippen molar-refractivity contribution in [3.05, 3.63) is 16.1 Å². The van der Waals surface area contributed by atoms with E-state index in [1.807, 2.05) is 18.9 Å². The van der Waals surface area contributed by atoms with E-state index in [1.165, 1.54) is 0 Å². The second-order valence-electron chi connectivity index (χ2n) is 4.67. The molecule has 0 aliphatic carbocycles. The van der Waals surface area contributed by atoms with Crippen LogP contribution in [0.3, 0.4) is 0 Å². The van der Waals surface area contributed by atoms with Gasteiger partial charge in [-0.05, 0) is 25.8 Å². The van der Waals surface area contributed by atoms with Gasteiger partial charge in [0.2, 0.25) is 0 Å². The van der Waals surface area contributed by atoms with Crippen LogP contribution in [0.25, 0.3) is 0 Å². The second kappa shape index (κ2) is 6.64. The van der Waals surface area contributed by atoms with Crippen molar-refractivity contribution < 1.29 is 4.74 Å². The number of nitrogens with zero attached hydrogens (tertiary/aromatic N) is 2. The van der Waals surface area contributed by atoms with Crippen LogP contribution in [0.2, 0.25) is 10.0 Å². The molecule has 0 aromatic carbocycles. The Labute approximate surface area is 124 Å².